The van der Waals surface area contributed by atoms with Gasteiger partial charge in [-0.3, -0.25) is 0 Å². The Morgan fingerprint density at radius 1 is 1.30 bits per heavy atom. The highest BCUT2D eigenvalue weighted by Crippen LogP contribution is 2.12. The van der Waals surface area contributed by atoms with Gasteiger partial charge in [-0.1, -0.05) is 33.1 Å². The van der Waals surface area contributed by atoms with Gasteiger partial charge in [0.05, 0.1) is 0 Å². The van der Waals surface area contributed by atoms with Crippen LogP contribution >= 0.6 is 0 Å². The molecule has 0 amide bonds. The summed E-state index contributed by atoms with van der Waals surface area (Å²) in [5.41, 5.74) is 0. The molecule has 0 saturated carbocycles. The van der Waals surface area contributed by atoms with Gasteiger partial charge in [0.15, 0.2) is 6.29 Å². The number of aliphatic hydroxyl groups excluding tert-OH is 1. The number of hydrogen-bond acceptors (Lipinski definition) is 2. The van der Waals surface area contributed by atoms with Gasteiger partial charge in [0.2, 0.25) is 0 Å². The van der Waals surface area contributed by atoms with Crippen molar-refractivity contribution in [2.45, 2.75) is 45.8 Å². The first-order valence-corrected chi connectivity index (χ1v) is 4.03. The Morgan fingerprint density at radius 3 is 2.30 bits per heavy atom. The van der Waals surface area contributed by atoms with E-state index in [0.717, 1.165) is 6.42 Å². The van der Waals surface area contributed by atoms with Crippen LogP contribution in [0.3, 0.4) is 0 Å². The summed E-state index contributed by atoms with van der Waals surface area (Å²) in [4.78, 5) is 0. The fourth-order valence-corrected chi connectivity index (χ4v) is 1.03. The molecular formula is C8H18O2. The maximum Gasteiger partial charge on any atom is 0.151 e. The molecule has 0 aromatic rings. The van der Waals surface area contributed by atoms with Crippen molar-refractivity contribution in [2.75, 3.05) is 0 Å². The van der Waals surface area contributed by atoms with Gasteiger partial charge in [-0.25, -0.2) is 0 Å². The summed E-state index contributed by atoms with van der Waals surface area (Å²) >= 11 is 0. The minimum Gasteiger partial charge on any atom is -0.368 e. The predicted molar refractivity (Wildman–Crippen MR) is 41.5 cm³/mol. The van der Waals surface area contributed by atoms with Gasteiger partial charge in [0, 0.05) is 6.42 Å². The third-order valence-corrected chi connectivity index (χ3v) is 1.66. The Morgan fingerprint density at radius 2 is 1.90 bits per heavy atom. The molecule has 0 rings (SSSR count). The molecule has 0 heterocycles. The molecule has 62 valence electrons. The lowest BCUT2D eigenvalue weighted by Gasteiger charge is -2.10. The normalized spacial score (nSPS) is 14.1. The molecule has 1 atom stereocenters. The molecule has 0 radical (unpaired) electrons. The Balaban J connectivity index is 3.16. The van der Waals surface area contributed by atoms with Crippen LogP contribution in [0.5, 0.6) is 0 Å². The molecule has 0 saturated heterocycles. The highest BCUT2D eigenvalue weighted by molar-refractivity contribution is 4.53. The maximum absolute atomic E-state index is 8.58. The number of rotatable bonds is 5. The summed E-state index contributed by atoms with van der Waals surface area (Å²) in [6, 6.07) is 0. The smallest absolute Gasteiger partial charge is 0.151 e. The van der Waals surface area contributed by atoms with E-state index in [1.54, 1.807) is 0 Å². The van der Waals surface area contributed by atoms with Crippen LogP contribution < -0.4 is 0 Å². The zero-order valence-electron chi connectivity index (χ0n) is 6.88. The van der Waals surface area contributed by atoms with Crippen molar-refractivity contribution in [2.24, 2.45) is 5.92 Å². The third-order valence-electron chi connectivity index (χ3n) is 1.66. The van der Waals surface area contributed by atoms with Crippen LogP contribution in [0, 0.1) is 5.92 Å². The lowest BCUT2D eigenvalue weighted by atomic mass is 10.0. The van der Waals surface area contributed by atoms with E-state index in [4.69, 9.17) is 10.2 Å². The Kier molecular flexibility index (Phi) is 5.64. The summed E-state index contributed by atoms with van der Waals surface area (Å²) < 4.78 is 0. The molecule has 1 unspecified atom stereocenters. The van der Waals surface area contributed by atoms with E-state index in [2.05, 4.69) is 13.8 Å². The van der Waals surface area contributed by atoms with Crippen molar-refractivity contribution in [1.29, 1.82) is 0 Å². The van der Waals surface area contributed by atoms with Crippen LogP contribution in [0.2, 0.25) is 0 Å². The monoisotopic (exact) mass is 146 g/mol. The molecule has 0 aromatic carbocycles. The van der Waals surface area contributed by atoms with Crippen LogP contribution in [0.25, 0.3) is 0 Å². The van der Waals surface area contributed by atoms with Crippen molar-refractivity contribution in [3.63, 3.8) is 0 Å². The molecule has 0 aromatic heterocycles. The quantitative estimate of drug-likeness (QED) is 0.577. The number of unbranched alkanes of at least 4 members (excludes halogenated alkanes) is 1. The van der Waals surface area contributed by atoms with Gasteiger partial charge in [0.1, 0.15) is 0 Å². The summed E-state index contributed by atoms with van der Waals surface area (Å²) in [7, 11) is 0. The van der Waals surface area contributed by atoms with Gasteiger partial charge < -0.3 is 10.2 Å². The van der Waals surface area contributed by atoms with Gasteiger partial charge in [0.25, 0.3) is 0 Å². The predicted octanol–water partition coefficient (Wildman–Crippen LogP) is 1.51. The van der Waals surface area contributed by atoms with Crippen LogP contribution in [0.4, 0.5) is 0 Å². The molecule has 0 spiro atoms. The maximum atomic E-state index is 8.58. The zero-order valence-corrected chi connectivity index (χ0v) is 6.88. The minimum atomic E-state index is -1.12. The van der Waals surface area contributed by atoms with E-state index in [1.165, 1.54) is 12.8 Å². The fraction of sp³-hybridized carbons (Fsp3) is 1.00. The number of hydrogen-bond donors (Lipinski definition) is 2. The van der Waals surface area contributed by atoms with Crippen molar-refractivity contribution in [3.05, 3.63) is 0 Å². The molecule has 2 heteroatoms. The molecule has 2 nitrogen and oxygen atoms in total. The van der Waals surface area contributed by atoms with E-state index >= 15 is 0 Å². The second-order valence-electron chi connectivity index (χ2n) is 2.96. The lowest BCUT2D eigenvalue weighted by molar-refractivity contribution is -0.0551. The van der Waals surface area contributed by atoms with Gasteiger partial charge in [-0.05, 0) is 5.92 Å². The van der Waals surface area contributed by atoms with Crippen LogP contribution in [0.15, 0.2) is 0 Å². The Hall–Kier alpha value is -0.0800. The summed E-state index contributed by atoms with van der Waals surface area (Å²) in [6.45, 7) is 4.19. The fourth-order valence-electron chi connectivity index (χ4n) is 1.03. The van der Waals surface area contributed by atoms with Crippen molar-refractivity contribution in [3.8, 4) is 0 Å². The van der Waals surface area contributed by atoms with Gasteiger partial charge in [-0.15, -0.1) is 0 Å². The van der Waals surface area contributed by atoms with Crippen molar-refractivity contribution < 1.29 is 10.2 Å². The van der Waals surface area contributed by atoms with E-state index < -0.39 is 6.29 Å². The first-order chi connectivity index (χ1) is 4.66. The van der Waals surface area contributed by atoms with Crippen LogP contribution in [-0.2, 0) is 0 Å². The average Bonchev–Trinajstić information content (AvgIpc) is 1.82. The SMILES string of the molecule is CCCCC(C)CC(O)O. The standard InChI is InChI=1S/C8H18O2/c1-3-4-5-7(2)6-8(9)10/h7-10H,3-6H2,1-2H3. The lowest BCUT2D eigenvalue weighted by Crippen LogP contribution is -2.09. The average molecular weight is 146 g/mol. The van der Waals surface area contributed by atoms with Gasteiger partial charge in [-0.2, -0.15) is 0 Å². The molecule has 0 bridgehead atoms. The Labute approximate surface area is 62.9 Å². The van der Waals surface area contributed by atoms with Gasteiger partial charge >= 0.3 is 0 Å². The first kappa shape index (κ1) is 9.92. The van der Waals surface area contributed by atoms with Crippen molar-refractivity contribution >= 4 is 0 Å². The molecule has 0 aliphatic carbocycles. The van der Waals surface area contributed by atoms with Crippen LogP contribution in [-0.4, -0.2) is 16.5 Å². The van der Waals surface area contributed by atoms with E-state index in [-0.39, 0.29) is 0 Å². The second kappa shape index (κ2) is 5.69. The molecule has 0 fully saturated rings. The largest absolute Gasteiger partial charge is 0.368 e. The third kappa shape index (κ3) is 6.05. The molecule has 10 heavy (non-hydrogen) atoms. The molecule has 0 aliphatic heterocycles. The summed E-state index contributed by atoms with van der Waals surface area (Å²) in [5, 5.41) is 17.2. The Bertz CT molecular complexity index is 71.7. The van der Waals surface area contributed by atoms with E-state index in [0.29, 0.717) is 12.3 Å². The molecule has 0 aliphatic rings. The van der Waals surface area contributed by atoms with Crippen LogP contribution in [0.1, 0.15) is 39.5 Å². The minimum absolute atomic E-state index is 0.444. The molecule has 2 N–H and O–H groups in total. The van der Waals surface area contributed by atoms with E-state index in [9.17, 15) is 0 Å². The number of aliphatic hydroxyl groups is 2. The highest BCUT2D eigenvalue weighted by Gasteiger charge is 2.05. The first-order valence-electron chi connectivity index (χ1n) is 4.03. The summed E-state index contributed by atoms with van der Waals surface area (Å²) in [5.74, 6) is 0.444. The highest BCUT2D eigenvalue weighted by atomic mass is 16.5. The van der Waals surface area contributed by atoms with E-state index in [1.807, 2.05) is 0 Å². The molecular weight excluding hydrogens is 128 g/mol. The summed E-state index contributed by atoms with van der Waals surface area (Å²) in [6.07, 6.45) is 2.88. The zero-order chi connectivity index (χ0) is 7.98. The second-order valence-corrected chi connectivity index (χ2v) is 2.96. The van der Waals surface area contributed by atoms with Crippen molar-refractivity contribution in [1.82, 2.24) is 0 Å². The topological polar surface area (TPSA) is 40.5 Å².